The van der Waals surface area contributed by atoms with Crippen molar-refractivity contribution >= 4 is 19.8 Å². The van der Waals surface area contributed by atoms with Crippen LogP contribution >= 0.6 is 7.82 Å². The minimum atomic E-state index is -4.40. The van der Waals surface area contributed by atoms with Gasteiger partial charge in [-0.3, -0.25) is 18.6 Å². The first-order valence-corrected chi connectivity index (χ1v) is 24.6. The Kier molecular flexibility index (Phi) is 39.4. The van der Waals surface area contributed by atoms with Crippen LogP contribution in [0.2, 0.25) is 0 Å². The number of phosphoric ester groups is 1. The van der Waals surface area contributed by atoms with Gasteiger partial charge >= 0.3 is 19.8 Å². The molecule has 10 nitrogen and oxygen atoms in total. The van der Waals surface area contributed by atoms with E-state index in [1.807, 2.05) is 27.2 Å². The van der Waals surface area contributed by atoms with Crippen molar-refractivity contribution in [2.45, 2.75) is 180 Å². The highest BCUT2D eigenvalue weighted by atomic mass is 31.2. The summed E-state index contributed by atoms with van der Waals surface area (Å²) >= 11 is 0. The number of quaternary nitrogens is 1. The predicted molar refractivity (Wildman–Crippen MR) is 244 cm³/mol. The van der Waals surface area contributed by atoms with Gasteiger partial charge in [0.2, 0.25) is 0 Å². The van der Waals surface area contributed by atoms with Crippen LogP contribution in [-0.4, -0.2) is 86.6 Å². The summed E-state index contributed by atoms with van der Waals surface area (Å²) in [7, 11) is 1.42. The molecule has 59 heavy (non-hydrogen) atoms. The summed E-state index contributed by atoms with van der Waals surface area (Å²) in [6.07, 6.45) is 47.1. The monoisotopic (exact) mass is 853 g/mol. The number of hydrogen-bond acceptors (Lipinski definition) is 8. The van der Waals surface area contributed by atoms with Gasteiger partial charge < -0.3 is 24.0 Å². The Hall–Kier alpha value is -2.33. The molecular formula is C48H87NO9P+. The van der Waals surface area contributed by atoms with Gasteiger partial charge in [0, 0.05) is 19.4 Å². The van der Waals surface area contributed by atoms with Crippen LogP contribution in [0.5, 0.6) is 0 Å². The van der Waals surface area contributed by atoms with E-state index in [1.165, 1.54) is 64.2 Å². The Labute approximate surface area is 360 Å². The van der Waals surface area contributed by atoms with Crippen LogP contribution < -0.4 is 0 Å². The Morgan fingerprint density at radius 2 is 1.00 bits per heavy atom. The lowest BCUT2D eigenvalue weighted by Crippen LogP contribution is -2.37. The number of carbonyl (C=O) groups is 2. The van der Waals surface area contributed by atoms with Crippen molar-refractivity contribution in [3.05, 3.63) is 60.8 Å². The van der Waals surface area contributed by atoms with Crippen molar-refractivity contribution in [1.82, 2.24) is 0 Å². The highest BCUT2D eigenvalue weighted by Crippen LogP contribution is 2.43. The minimum absolute atomic E-state index is 0.0156. The van der Waals surface area contributed by atoms with Gasteiger partial charge in [0.15, 0.2) is 6.10 Å². The third-order valence-electron chi connectivity index (χ3n) is 9.57. The number of rotatable bonds is 42. The van der Waals surface area contributed by atoms with Crippen molar-refractivity contribution in [2.24, 2.45) is 0 Å². The van der Waals surface area contributed by atoms with Crippen LogP contribution in [0.4, 0.5) is 0 Å². The zero-order chi connectivity index (χ0) is 43.6. The molecule has 0 aliphatic carbocycles. The van der Waals surface area contributed by atoms with E-state index in [9.17, 15) is 19.0 Å². The molecule has 2 atom stereocenters. The molecule has 0 saturated carbocycles. The van der Waals surface area contributed by atoms with E-state index in [4.69, 9.17) is 23.6 Å². The topological polar surface area (TPSA) is 129 Å². The SMILES string of the molecule is CCCCCCCC/C=C\CCCCCCCCCC(=O)O[C@H](COC(=O)CCC/C=C\C/C=C\C/C=C\C/C=C\CCCCCO)COP(=O)(O)OCC[N+](C)(C)C. The summed E-state index contributed by atoms with van der Waals surface area (Å²) < 4.78 is 34.3. The Balaban J connectivity index is 4.43. The third-order valence-corrected chi connectivity index (χ3v) is 10.6. The van der Waals surface area contributed by atoms with Crippen LogP contribution in [-0.2, 0) is 32.7 Å². The van der Waals surface area contributed by atoms with Crippen LogP contribution in [0, 0.1) is 0 Å². The average Bonchev–Trinajstić information content (AvgIpc) is 3.19. The fourth-order valence-electron chi connectivity index (χ4n) is 5.92. The summed E-state index contributed by atoms with van der Waals surface area (Å²) in [6.45, 7) is 2.35. The number of likely N-dealkylation sites (N-methyl/N-ethyl adjacent to an activating group) is 1. The van der Waals surface area contributed by atoms with Gasteiger partial charge in [-0.25, -0.2) is 4.57 Å². The van der Waals surface area contributed by atoms with Gasteiger partial charge in [0.1, 0.15) is 19.8 Å². The van der Waals surface area contributed by atoms with Crippen molar-refractivity contribution in [3.63, 3.8) is 0 Å². The number of nitrogens with zero attached hydrogens (tertiary/aromatic N) is 1. The van der Waals surface area contributed by atoms with Gasteiger partial charge in [-0.05, 0) is 83.5 Å². The minimum Gasteiger partial charge on any atom is -0.462 e. The van der Waals surface area contributed by atoms with E-state index in [0.717, 1.165) is 77.0 Å². The summed E-state index contributed by atoms with van der Waals surface area (Å²) in [6, 6.07) is 0. The van der Waals surface area contributed by atoms with E-state index in [0.29, 0.717) is 23.9 Å². The van der Waals surface area contributed by atoms with E-state index in [-0.39, 0.29) is 32.7 Å². The van der Waals surface area contributed by atoms with Crippen LogP contribution in [0.15, 0.2) is 60.8 Å². The number of allylic oxidation sites excluding steroid dienone is 10. The molecule has 0 radical (unpaired) electrons. The molecule has 0 aromatic rings. The third kappa shape index (κ3) is 45.0. The molecule has 0 bridgehead atoms. The number of ether oxygens (including phenoxy) is 2. The summed E-state index contributed by atoms with van der Waals surface area (Å²) in [5.41, 5.74) is 0. The summed E-state index contributed by atoms with van der Waals surface area (Å²) in [4.78, 5) is 35.4. The highest BCUT2D eigenvalue weighted by molar-refractivity contribution is 7.47. The highest BCUT2D eigenvalue weighted by Gasteiger charge is 2.27. The van der Waals surface area contributed by atoms with Crippen LogP contribution in [0.1, 0.15) is 174 Å². The van der Waals surface area contributed by atoms with Crippen LogP contribution in [0.25, 0.3) is 0 Å². The van der Waals surface area contributed by atoms with Crippen molar-refractivity contribution in [3.8, 4) is 0 Å². The molecule has 0 spiro atoms. The first-order chi connectivity index (χ1) is 28.5. The van der Waals surface area contributed by atoms with Crippen molar-refractivity contribution in [1.29, 1.82) is 0 Å². The lowest BCUT2D eigenvalue weighted by atomic mass is 10.1. The standard InChI is InChI=1S/C48H86NO9P/c1-5-6-7-8-9-10-11-12-13-15-19-22-25-28-31-34-37-40-48(52)58-46(45-57-59(53,54)56-43-41-49(2,3)4)44-55-47(51)39-36-33-30-27-24-21-18-16-14-17-20-23-26-29-32-35-38-42-50/h12-14,17-18,21,23,26-27,30,46,50H,5-11,15-16,19-20,22,24-25,28-29,31-45H2,1-4H3/p+1/b13-12-,17-14-,21-18-,26-23-,30-27-/t46-/m1/s1. The summed E-state index contributed by atoms with van der Waals surface area (Å²) in [5, 5.41) is 8.80. The van der Waals surface area contributed by atoms with Crippen molar-refractivity contribution < 1.29 is 47.2 Å². The second-order valence-electron chi connectivity index (χ2n) is 16.5. The molecule has 0 aliphatic heterocycles. The molecule has 0 heterocycles. The van der Waals surface area contributed by atoms with Gasteiger partial charge in [-0.2, -0.15) is 0 Å². The molecule has 0 saturated heterocycles. The Bertz CT molecular complexity index is 1190. The fraction of sp³-hybridized carbons (Fsp3) is 0.750. The Morgan fingerprint density at radius 3 is 1.53 bits per heavy atom. The first-order valence-electron chi connectivity index (χ1n) is 23.1. The number of phosphoric acid groups is 1. The van der Waals surface area contributed by atoms with Gasteiger partial charge in [0.25, 0.3) is 0 Å². The molecule has 0 fully saturated rings. The largest absolute Gasteiger partial charge is 0.472 e. The number of aliphatic hydroxyl groups excluding tert-OH is 1. The van der Waals surface area contributed by atoms with Gasteiger partial charge in [-0.1, -0.05) is 138 Å². The van der Waals surface area contributed by atoms with E-state index >= 15 is 0 Å². The number of hydrogen-bond donors (Lipinski definition) is 2. The van der Waals surface area contributed by atoms with Crippen molar-refractivity contribution in [2.75, 3.05) is 54.1 Å². The smallest absolute Gasteiger partial charge is 0.462 e. The molecule has 2 N–H and O–H groups in total. The Morgan fingerprint density at radius 1 is 0.559 bits per heavy atom. The molecule has 1 unspecified atom stereocenters. The number of esters is 2. The molecule has 342 valence electrons. The number of aliphatic hydroxyl groups is 1. The fourth-order valence-corrected chi connectivity index (χ4v) is 6.66. The molecule has 0 aromatic heterocycles. The number of carbonyl (C=O) groups excluding carboxylic acids is 2. The molecule has 0 amide bonds. The molecule has 0 aliphatic rings. The van der Waals surface area contributed by atoms with E-state index in [1.54, 1.807) is 0 Å². The van der Waals surface area contributed by atoms with Gasteiger partial charge in [0.05, 0.1) is 27.7 Å². The van der Waals surface area contributed by atoms with E-state index in [2.05, 4.69) is 61.6 Å². The number of unbranched alkanes of at least 4 members (excludes halogenated alkanes) is 17. The molecule has 0 aromatic carbocycles. The van der Waals surface area contributed by atoms with E-state index < -0.39 is 32.5 Å². The van der Waals surface area contributed by atoms with Crippen LogP contribution in [0.3, 0.4) is 0 Å². The second-order valence-corrected chi connectivity index (χ2v) is 18.0. The summed E-state index contributed by atoms with van der Waals surface area (Å²) in [5.74, 6) is -0.885. The zero-order valence-corrected chi connectivity index (χ0v) is 38.8. The predicted octanol–water partition coefficient (Wildman–Crippen LogP) is 12.2. The molecule has 0 rings (SSSR count). The lowest BCUT2D eigenvalue weighted by molar-refractivity contribution is -0.870. The average molecular weight is 853 g/mol. The molecular weight excluding hydrogens is 766 g/mol. The quantitative estimate of drug-likeness (QED) is 0.0203. The lowest BCUT2D eigenvalue weighted by Gasteiger charge is -2.24. The normalized spacial score (nSPS) is 14.1. The molecule has 11 heteroatoms. The van der Waals surface area contributed by atoms with Gasteiger partial charge in [-0.15, -0.1) is 0 Å². The maximum absolute atomic E-state index is 12.7. The second kappa shape index (κ2) is 41.0. The maximum Gasteiger partial charge on any atom is 0.472 e. The maximum atomic E-state index is 12.7. The zero-order valence-electron chi connectivity index (χ0n) is 37.9. The first kappa shape index (κ1) is 56.7.